The largest absolute Gasteiger partial charge is 0.480 e. The average Bonchev–Trinajstić information content (AvgIpc) is 2.61. The molecule has 2 aromatic carbocycles. The number of hydrogen-bond donors (Lipinski definition) is 1. The molecule has 0 aliphatic carbocycles. The summed E-state index contributed by atoms with van der Waals surface area (Å²) in [5.41, 5.74) is 1.40. The molecule has 0 aliphatic rings. The lowest BCUT2D eigenvalue weighted by Crippen LogP contribution is -2.23. The van der Waals surface area contributed by atoms with Crippen LogP contribution in [0.3, 0.4) is 0 Å². The van der Waals surface area contributed by atoms with Gasteiger partial charge in [0.15, 0.2) is 13.2 Å². The van der Waals surface area contributed by atoms with Crippen LogP contribution in [0.1, 0.15) is 5.56 Å². The summed E-state index contributed by atoms with van der Waals surface area (Å²) in [6, 6.07) is 15.6. The smallest absolute Gasteiger partial charge is 0.344 e. The molecule has 2 rings (SSSR count). The van der Waals surface area contributed by atoms with Crippen LogP contribution in [0, 0.1) is 11.3 Å². The second kappa shape index (κ2) is 9.30. The molecule has 7 heteroatoms. The van der Waals surface area contributed by atoms with Gasteiger partial charge >= 0.3 is 5.97 Å². The lowest BCUT2D eigenvalue weighted by molar-refractivity contribution is -0.149. The SMILES string of the molecule is N#CCc1ccc(NC(=O)COC(=O)COc2ccccc2Cl)cc1. The highest BCUT2D eigenvalue weighted by Crippen LogP contribution is 2.22. The van der Waals surface area contributed by atoms with Crippen LogP contribution in [-0.2, 0) is 20.7 Å². The number of anilines is 1. The van der Waals surface area contributed by atoms with E-state index < -0.39 is 18.5 Å². The van der Waals surface area contributed by atoms with E-state index in [1.54, 1.807) is 48.5 Å². The minimum absolute atomic E-state index is 0.303. The van der Waals surface area contributed by atoms with Gasteiger partial charge in [0.25, 0.3) is 5.91 Å². The molecule has 0 saturated carbocycles. The van der Waals surface area contributed by atoms with Gasteiger partial charge in [0.05, 0.1) is 17.5 Å². The first-order chi connectivity index (χ1) is 12.1. The fourth-order valence-electron chi connectivity index (χ4n) is 1.88. The Labute approximate surface area is 149 Å². The highest BCUT2D eigenvalue weighted by molar-refractivity contribution is 6.32. The Hall–Kier alpha value is -3.04. The van der Waals surface area contributed by atoms with Crippen molar-refractivity contribution in [2.45, 2.75) is 6.42 Å². The normalized spacial score (nSPS) is 9.76. The molecule has 0 aromatic heterocycles. The van der Waals surface area contributed by atoms with E-state index in [-0.39, 0.29) is 6.61 Å². The first-order valence-electron chi connectivity index (χ1n) is 7.37. The Balaban J connectivity index is 1.73. The van der Waals surface area contributed by atoms with E-state index >= 15 is 0 Å². The Morgan fingerprint density at radius 1 is 1.08 bits per heavy atom. The molecule has 0 radical (unpaired) electrons. The molecular formula is C18H15ClN2O4. The summed E-state index contributed by atoms with van der Waals surface area (Å²) in [5, 5.41) is 11.6. The van der Waals surface area contributed by atoms with Crippen LogP contribution in [0.5, 0.6) is 5.75 Å². The van der Waals surface area contributed by atoms with Crippen molar-refractivity contribution < 1.29 is 19.1 Å². The topological polar surface area (TPSA) is 88.4 Å². The summed E-state index contributed by atoms with van der Waals surface area (Å²) in [4.78, 5) is 23.4. The lowest BCUT2D eigenvalue weighted by atomic mass is 10.1. The highest BCUT2D eigenvalue weighted by atomic mass is 35.5. The van der Waals surface area contributed by atoms with Crippen molar-refractivity contribution in [2.24, 2.45) is 0 Å². The zero-order valence-corrected chi connectivity index (χ0v) is 14.0. The minimum atomic E-state index is -0.681. The molecule has 0 bridgehead atoms. The van der Waals surface area contributed by atoms with E-state index in [2.05, 4.69) is 5.32 Å². The maximum atomic E-state index is 11.8. The predicted octanol–water partition coefficient (Wildman–Crippen LogP) is 2.97. The van der Waals surface area contributed by atoms with Crippen LogP contribution in [-0.4, -0.2) is 25.1 Å². The van der Waals surface area contributed by atoms with Gasteiger partial charge < -0.3 is 14.8 Å². The fraction of sp³-hybridized carbons (Fsp3) is 0.167. The van der Waals surface area contributed by atoms with E-state index in [0.717, 1.165) is 5.56 Å². The lowest BCUT2D eigenvalue weighted by Gasteiger charge is -2.09. The van der Waals surface area contributed by atoms with Gasteiger partial charge in [-0.1, -0.05) is 35.9 Å². The van der Waals surface area contributed by atoms with Crippen LogP contribution < -0.4 is 10.1 Å². The molecule has 0 atom stereocenters. The summed E-state index contributed by atoms with van der Waals surface area (Å²) >= 11 is 5.90. The molecule has 0 heterocycles. The summed E-state index contributed by atoms with van der Waals surface area (Å²) in [7, 11) is 0. The molecule has 0 saturated heterocycles. The number of benzene rings is 2. The maximum absolute atomic E-state index is 11.8. The van der Waals surface area contributed by atoms with Crippen LogP contribution in [0.25, 0.3) is 0 Å². The van der Waals surface area contributed by atoms with E-state index in [0.29, 0.717) is 22.9 Å². The number of amides is 1. The van der Waals surface area contributed by atoms with Gasteiger partial charge in [0, 0.05) is 5.69 Å². The van der Waals surface area contributed by atoms with Crippen molar-refractivity contribution in [3.05, 3.63) is 59.1 Å². The minimum Gasteiger partial charge on any atom is -0.480 e. The molecule has 1 amide bonds. The van der Waals surface area contributed by atoms with Gasteiger partial charge in [-0.3, -0.25) is 4.79 Å². The summed E-state index contributed by atoms with van der Waals surface area (Å²) < 4.78 is 10.1. The van der Waals surface area contributed by atoms with Crippen molar-refractivity contribution >= 4 is 29.2 Å². The van der Waals surface area contributed by atoms with E-state index in [9.17, 15) is 9.59 Å². The molecule has 2 aromatic rings. The molecule has 0 unspecified atom stereocenters. The molecular weight excluding hydrogens is 344 g/mol. The summed E-state index contributed by atoms with van der Waals surface area (Å²) in [6.45, 7) is -0.773. The van der Waals surface area contributed by atoms with Gasteiger partial charge in [-0.25, -0.2) is 4.79 Å². The number of rotatable bonds is 7. The van der Waals surface area contributed by atoms with Crippen molar-refractivity contribution in [3.63, 3.8) is 0 Å². The van der Waals surface area contributed by atoms with Gasteiger partial charge in [-0.2, -0.15) is 5.26 Å². The first-order valence-corrected chi connectivity index (χ1v) is 7.75. The van der Waals surface area contributed by atoms with E-state index in [1.807, 2.05) is 6.07 Å². The fourth-order valence-corrected chi connectivity index (χ4v) is 2.07. The number of carbonyl (C=O) groups excluding carboxylic acids is 2. The molecule has 0 aliphatic heterocycles. The number of carbonyl (C=O) groups is 2. The second-order valence-corrected chi connectivity index (χ2v) is 5.37. The van der Waals surface area contributed by atoms with Crippen LogP contribution in [0.15, 0.2) is 48.5 Å². The highest BCUT2D eigenvalue weighted by Gasteiger charge is 2.10. The Morgan fingerprint density at radius 3 is 2.48 bits per heavy atom. The van der Waals surface area contributed by atoms with Gasteiger partial charge in [-0.05, 0) is 29.8 Å². The zero-order chi connectivity index (χ0) is 18.1. The summed E-state index contributed by atoms with van der Waals surface area (Å²) in [5.74, 6) is -0.790. The standard InChI is InChI=1S/C18H15ClN2O4/c19-15-3-1-2-4-16(15)24-12-18(23)25-11-17(22)21-14-7-5-13(6-8-14)9-10-20/h1-8H,9,11-12H2,(H,21,22). The quantitative estimate of drug-likeness (QED) is 0.769. The molecule has 128 valence electrons. The van der Waals surface area contributed by atoms with Crippen LogP contribution in [0.2, 0.25) is 5.02 Å². The number of nitriles is 1. The number of ether oxygens (including phenoxy) is 2. The molecule has 0 fully saturated rings. The Morgan fingerprint density at radius 2 is 1.80 bits per heavy atom. The molecule has 1 N–H and O–H groups in total. The number of para-hydroxylation sites is 1. The van der Waals surface area contributed by atoms with Crippen molar-refractivity contribution in [2.75, 3.05) is 18.5 Å². The molecule has 6 nitrogen and oxygen atoms in total. The average molecular weight is 359 g/mol. The van der Waals surface area contributed by atoms with Gasteiger partial charge in [-0.15, -0.1) is 0 Å². The number of nitrogens with one attached hydrogen (secondary N) is 1. The summed E-state index contributed by atoms with van der Waals surface area (Å²) in [6.07, 6.45) is 0.303. The monoisotopic (exact) mass is 358 g/mol. The molecule has 25 heavy (non-hydrogen) atoms. The van der Waals surface area contributed by atoms with E-state index in [1.165, 1.54) is 0 Å². The number of hydrogen-bond acceptors (Lipinski definition) is 5. The zero-order valence-electron chi connectivity index (χ0n) is 13.2. The Bertz CT molecular complexity index is 784. The van der Waals surface area contributed by atoms with Crippen molar-refractivity contribution in [1.82, 2.24) is 0 Å². The van der Waals surface area contributed by atoms with Crippen molar-refractivity contribution in [1.29, 1.82) is 5.26 Å². The van der Waals surface area contributed by atoms with Gasteiger partial charge in [0.2, 0.25) is 0 Å². The maximum Gasteiger partial charge on any atom is 0.344 e. The van der Waals surface area contributed by atoms with Crippen LogP contribution in [0.4, 0.5) is 5.69 Å². The van der Waals surface area contributed by atoms with E-state index in [4.69, 9.17) is 26.3 Å². The predicted molar refractivity (Wildman–Crippen MR) is 92.3 cm³/mol. The molecule has 0 spiro atoms. The third-order valence-electron chi connectivity index (χ3n) is 3.07. The third kappa shape index (κ3) is 6.16. The van der Waals surface area contributed by atoms with Crippen LogP contribution >= 0.6 is 11.6 Å². The number of nitrogens with zero attached hydrogens (tertiary/aromatic N) is 1. The van der Waals surface area contributed by atoms with Gasteiger partial charge in [0.1, 0.15) is 5.75 Å². The third-order valence-corrected chi connectivity index (χ3v) is 3.38. The first kappa shape index (κ1) is 18.3. The number of halogens is 1. The number of esters is 1. The Kier molecular flexibility index (Phi) is 6.81. The van der Waals surface area contributed by atoms with Crippen molar-refractivity contribution in [3.8, 4) is 11.8 Å². The second-order valence-electron chi connectivity index (χ2n) is 4.96.